The molecule has 0 saturated heterocycles. The summed E-state index contributed by atoms with van der Waals surface area (Å²) in [4.78, 5) is 30.2. The van der Waals surface area contributed by atoms with E-state index in [2.05, 4.69) is 5.32 Å². The van der Waals surface area contributed by atoms with Crippen LogP contribution in [0.1, 0.15) is 67.4 Å². The van der Waals surface area contributed by atoms with Gasteiger partial charge >= 0.3 is 6.18 Å². The Morgan fingerprint density at radius 2 is 1.83 bits per heavy atom. The number of likely N-dealkylation sites (N-methyl/N-ethyl adjacent to an activating group) is 1. The molecule has 0 bridgehead atoms. The normalized spacial score (nSPS) is 21.1. The zero-order valence-corrected chi connectivity index (χ0v) is 23.9. The minimum absolute atomic E-state index is 0.0333. The molecule has 2 aromatic carbocycles. The Labute approximate surface area is 239 Å². The first-order valence-electron chi connectivity index (χ1n) is 14.3. The van der Waals surface area contributed by atoms with Crippen LogP contribution in [0.2, 0.25) is 0 Å². The molecule has 4 rings (SSSR count). The van der Waals surface area contributed by atoms with Crippen LogP contribution in [0.5, 0.6) is 5.75 Å². The van der Waals surface area contributed by atoms with Crippen LogP contribution in [0.3, 0.4) is 0 Å². The maximum Gasteiger partial charge on any atom is 0.416 e. The van der Waals surface area contributed by atoms with Crippen molar-refractivity contribution in [2.75, 3.05) is 32.1 Å². The summed E-state index contributed by atoms with van der Waals surface area (Å²) in [6.45, 7) is 4.78. The molecule has 2 amide bonds. The number of hydrogen-bond donors (Lipinski definition) is 2. The minimum atomic E-state index is -4.38. The van der Waals surface area contributed by atoms with Crippen molar-refractivity contribution in [1.29, 1.82) is 0 Å². The van der Waals surface area contributed by atoms with Crippen LogP contribution in [-0.4, -0.2) is 65.6 Å². The number of hydrogen-bond acceptors (Lipinski definition) is 5. The van der Waals surface area contributed by atoms with Crippen LogP contribution < -0.4 is 10.1 Å². The molecule has 1 saturated carbocycles. The Morgan fingerprint density at radius 3 is 2.46 bits per heavy atom. The Morgan fingerprint density at radius 1 is 1.15 bits per heavy atom. The van der Waals surface area contributed by atoms with Crippen molar-refractivity contribution in [3.63, 3.8) is 0 Å². The first-order valence-corrected chi connectivity index (χ1v) is 14.3. The number of anilines is 1. The summed E-state index contributed by atoms with van der Waals surface area (Å²) in [5.74, 6) is -0.0734. The second-order valence-electron chi connectivity index (χ2n) is 11.5. The predicted octanol–water partition coefficient (Wildman–Crippen LogP) is 5.58. The zero-order valence-electron chi connectivity index (χ0n) is 23.9. The Bertz CT molecular complexity index is 1200. The lowest BCUT2D eigenvalue weighted by molar-refractivity contribution is -0.137. The van der Waals surface area contributed by atoms with Gasteiger partial charge in [0.25, 0.3) is 5.91 Å². The number of nitrogens with zero attached hydrogens (tertiary/aromatic N) is 2. The van der Waals surface area contributed by atoms with Crippen molar-refractivity contribution in [1.82, 2.24) is 9.80 Å². The van der Waals surface area contributed by atoms with E-state index in [1.54, 1.807) is 30.0 Å². The predicted molar refractivity (Wildman–Crippen MR) is 151 cm³/mol. The standard InChI is InChI=1S/C31H40F3N3O4/c1-20-16-37(21(2)19-38)30(40)26-15-25(35-29(39)23-7-5-4-6-8-23)13-14-27(26)41-28(20)18-36(3)17-22-9-11-24(12-10-22)31(32,33)34/h9-15,20-21,23,28,38H,4-8,16-19H2,1-3H3,(H,35,39)/t20-,21-,28-/m0/s1. The van der Waals surface area contributed by atoms with Gasteiger partial charge in [0.05, 0.1) is 23.8 Å². The lowest BCUT2D eigenvalue weighted by atomic mass is 9.88. The van der Waals surface area contributed by atoms with Gasteiger partial charge in [-0.25, -0.2) is 0 Å². The number of carbonyl (C=O) groups is 2. The molecule has 2 aromatic rings. The summed E-state index contributed by atoms with van der Waals surface area (Å²) in [6, 6.07) is 9.77. The van der Waals surface area contributed by atoms with E-state index in [0.29, 0.717) is 36.6 Å². The van der Waals surface area contributed by atoms with Crippen molar-refractivity contribution >= 4 is 17.5 Å². The molecule has 7 nitrogen and oxygen atoms in total. The van der Waals surface area contributed by atoms with Crippen molar-refractivity contribution in [2.24, 2.45) is 11.8 Å². The maximum absolute atomic E-state index is 13.7. The molecule has 3 atom stereocenters. The molecule has 1 fully saturated rings. The number of rotatable bonds is 8. The third-order valence-corrected chi connectivity index (χ3v) is 8.13. The molecule has 1 aliphatic heterocycles. The van der Waals surface area contributed by atoms with Crippen molar-refractivity contribution in [3.8, 4) is 5.75 Å². The number of halogens is 3. The van der Waals surface area contributed by atoms with Crippen LogP contribution in [0.15, 0.2) is 42.5 Å². The van der Waals surface area contributed by atoms with Gasteiger partial charge in [-0.3, -0.25) is 14.5 Å². The SMILES string of the molecule is C[C@H]1CN([C@@H](C)CO)C(=O)c2cc(NC(=O)C3CCCCC3)ccc2O[C@H]1CN(C)Cc1ccc(C(F)(F)F)cc1. The van der Waals surface area contributed by atoms with Gasteiger partial charge in [-0.1, -0.05) is 38.3 Å². The highest BCUT2D eigenvalue weighted by Gasteiger charge is 2.34. The summed E-state index contributed by atoms with van der Waals surface area (Å²) in [7, 11) is 1.87. The van der Waals surface area contributed by atoms with E-state index in [4.69, 9.17) is 4.74 Å². The molecule has 224 valence electrons. The van der Waals surface area contributed by atoms with E-state index in [-0.39, 0.29) is 36.4 Å². The minimum Gasteiger partial charge on any atom is -0.488 e. The van der Waals surface area contributed by atoms with Crippen LogP contribution in [0.25, 0.3) is 0 Å². The number of amides is 2. The second-order valence-corrected chi connectivity index (χ2v) is 11.5. The number of aliphatic hydroxyl groups excluding tert-OH is 1. The molecular weight excluding hydrogens is 535 g/mol. The number of ether oxygens (including phenoxy) is 1. The van der Waals surface area contributed by atoms with Crippen LogP contribution in [0, 0.1) is 11.8 Å². The lowest BCUT2D eigenvalue weighted by Crippen LogP contribution is -2.49. The number of fused-ring (bicyclic) bond motifs is 1. The third kappa shape index (κ3) is 7.80. The van der Waals surface area contributed by atoms with Gasteiger partial charge in [-0.15, -0.1) is 0 Å². The van der Waals surface area contributed by atoms with Crippen molar-refractivity contribution in [2.45, 2.75) is 70.8 Å². The van der Waals surface area contributed by atoms with Gasteiger partial charge in [-0.05, 0) is 62.7 Å². The van der Waals surface area contributed by atoms with Gasteiger partial charge in [-0.2, -0.15) is 13.2 Å². The fraction of sp³-hybridized carbons (Fsp3) is 0.548. The quantitative estimate of drug-likeness (QED) is 0.430. The summed E-state index contributed by atoms with van der Waals surface area (Å²) in [5.41, 5.74) is 0.893. The molecule has 1 heterocycles. The zero-order chi connectivity index (χ0) is 29.7. The number of nitrogens with one attached hydrogen (secondary N) is 1. The highest BCUT2D eigenvalue weighted by Crippen LogP contribution is 2.32. The molecule has 0 spiro atoms. The largest absolute Gasteiger partial charge is 0.488 e. The first-order chi connectivity index (χ1) is 19.5. The number of carbonyl (C=O) groups excluding carboxylic acids is 2. The van der Waals surface area contributed by atoms with E-state index in [1.807, 2.05) is 18.9 Å². The Hall–Kier alpha value is -3.11. The number of alkyl halides is 3. The van der Waals surface area contributed by atoms with Crippen LogP contribution >= 0.6 is 0 Å². The summed E-state index contributed by atoms with van der Waals surface area (Å²) in [6.07, 6.45) is 0.211. The monoisotopic (exact) mass is 575 g/mol. The molecule has 0 aromatic heterocycles. The molecular formula is C31H40F3N3O4. The van der Waals surface area contributed by atoms with Crippen molar-refractivity contribution in [3.05, 3.63) is 59.2 Å². The fourth-order valence-corrected chi connectivity index (χ4v) is 5.61. The highest BCUT2D eigenvalue weighted by atomic mass is 19.4. The molecule has 2 aliphatic rings. The number of benzene rings is 2. The molecule has 1 aliphatic carbocycles. The van der Waals surface area contributed by atoms with Crippen LogP contribution in [0.4, 0.5) is 18.9 Å². The lowest BCUT2D eigenvalue weighted by Gasteiger charge is -2.38. The Kier molecular flexibility index (Phi) is 9.96. The molecule has 0 radical (unpaired) electrons. The average Bonchev–Trinajstić information content (AvgIpc) is 2.95. The van der Waals surface area contributed by atoms with Gasteiger partial charge in [0.2, 0.25) is 5.91 Å². The van der Waals surface area contributed by atoms with Gasteiger partial charge < -0.3 is 20.1 Å². The molecule has 41 heavy (non-hydrogen) atoms. The molecule has 10 heteroatoms. The highest BCUT2D eigenvalue weighted by molar-refractivity contribution is 6.00. The Balaban J connectivity index is 1.53. The molecule has 2 N–H and O–H groups in total. The summed E-state index contributed by atoms with van der Waals surface area (Å²) in [5, 5.41) is 12.9. The maximum atomic E-state index is 13.7. The fourth-order valence-electron chi connectivity index (χ4n) is 5.61. The topological polar surface area (TPSA) is 82.1 Å². The third-order valence-electron chi connectivity index (χ3n) is 8.13. The molecule has 0 unspecified atom stereocenters. The van der Waals surface area contributed by atoms with Crippen LogP contribution in [-0.2, 0) is 17.5 Å². The van der Waals surface area contributed by atoms with Gasteiger partial charge in [0.1, 0.15) is 11.9 Å². The second kappa shape index (κ2) is 13.2. The average molecular weight is 576 g/mol. The summed E-state index contributed by atoms with van der Waals surface area (Å²) >= 11 is 0. The van der Waals surface area contributed by atoms with Crippen molar-refractivity contribution < 1.29 is 32.6 Å². The van der Waals surface area contributed by atoms with E-state index < -0.39 is 17.8 Å². The van der Waals surface area contributed by atoms with E-state index >= 15 is 0 Å². The van der Waals surface area contributed by atoms with Gasteiger partial charge in [0, 0.05) is 37.2 Å². The van der Waals surface area contributed by atoms with E-state index in [0.717, 1.165) is 49.8 Å². The number of aliphatic hydroxyl groups is 1. The van der Waals surface area contributed by atoms with Gasteiger partial charge in [0.15, 0.2) is 0 Å². The van der Waals surface area contributed by atoms with E-state index in [9.17, 15) is 27.9 Å². The van der Waals surface area contributed by atoms with E-state index in [1.165, 1.54) is 12.1 Å². The first kappa shape index (κ1) is 30.8. The summed E-state index contributed by atoms with van der Waals surface area (Å²) < 4.78 is 45.3. The smallest absolute Gasteiger partial charge is 0.416 e.